The molecule has 3 unspecified atom stereocenters. The highest BCUT2D eigenvalue weighted by Crippen LogP contribution is 2.27. The number of carbonyl (C=O) groups excluding carboxylic acids is 3. The van der Waals surface area contributed by atoms with Gasteiger partial charge in [0.15, 0.2) is 0 Å². The SMILES string of the molecule is CCC(C)N(C(=O)C(Cc1ccc(O)cc1)NC(=O)OC(C)(C)C)C(C(=O)NC(C)(C)C)c1ccccc1. The summed E-state index contributed by atoms with van der Waals surface area (Å²) in [5.41, 5.74) is 0.126. The smallest absolute Gasteiger partial charge is 0.408 e. The number of hydrogen-bond acceptors (Lipinski definition) is 5. The van der Waals surface area contributed by atoms with Crippen molar-refractivity contribution < 1.29 is 24.2 Å². The second-order valence-electron chi connectivity index (χ2n) is 11.6. The van der Waals surface area contributed by atoms with Crippen molar-refractivity contribution in [1.29, 1.82) is 0 Å². The molecule has 0 aromatic heterocycles. The number of nitrogens with zero attached hydrogens (tertiary/aromatic N) is 1. The molecule has 2 rings (SSSR count). The molecule has 8 heteroatoms. The Kier molecular flexibility index (Phi) is 10.3. The molecule has 0 bridgehead atoms. The number of phenolic OH excluding ortho intramolecular Hbond substituents is 1. The molecule has 0 spiro atoms. The molecule has 2 aromatic rings. The highest BCUT2D eigenvalue weighted by molar-refractivity contribution is 5.92. The second kappa shape index (κ2) is 12.8. The van der Waals surface area contributed by atoms with Crippen molar-refractivity contribution >= 4 is 17.9 Å². The maximum absolute atomic E-state index is 14.3. The second-order valence-corrected chi connectivity index (χ2v) is 11.6. The fraction of sp³-hybridized carbons (Fsp3) is 0.500. The van der Waals surface area contributed by atoms with Crippen molar-refractivity contribution in [2.45, 2.75) is 97.5 Å². The van der Waals surface area contributed by atoms with E-state index in [1.54, 1.807) is 37.8 Å². The van der Waals surface area contributed by atoms with Gasteiger partial charge in [0, 0.05) is 18.0 Å². The Labute approximate surface area is 226 Å². The molecule has 0 saturated carbocycles. The standard InChI is InChI=1S/C30H43N3O5/c1-9-20(2)33(25(22-13-11-10-12-14-22)26(35)32-29(3,4)5)27(36)24(31-28(37)38-30(6,7)8)19-21-15-17-23(34)18-16-21/h10-18,20,24-25,34H,9,19H2,1-8H3,(H,31,37)(H,32,35). The first-order valence-corrected chi connectivity index (χ1v) is 13.1. The molecule has 0 fully saturated rings. The van der Waals surface area contributed by atoms with E-state index in [1.807, 2.05) is 65.0 Å². The summed E-state index contributed by atoms with van der Waals surface area (Å²) >= 11 is 0. The average Bonchev–Trinajstić information content (AvgIpc) is 2.80. The van der Waals surface area contributed by atoms with E-state index in [-0.39, 0.29) is 24.1 Å². The van der Waals surface area contributed by atoms with Crippen LogP contribution in [0.1, 0.15) is 79.0 Å². The number of ether oxygens (including phenoxy) is 1. The summed E-state index contributed by atoms with van der Waals surface area (Å²) in [7, 11) is 0. The van der Waals surface area contributed by atoms with Crippen molar-refractivity contribution in [2.75, 3.05) is 0 Å². The number of carbonyl (C=O) groups is 3. The molecule has 0 aliphatic carbocycles. The number of benzene rings is 2. The lowest BCUT2D eigenvalue weighted by Gasteiger charge is -2.39. The minimum absolute atomic E-state index is 0.0981. The summed E-state index contributed by atoms with van der Waals surface area (Å²) in [6, 6.07) is 13.4. The normalized spacial score (nSPS) is 14.1. The molecule has 0 radical (unpaired) electrons. The summed E-state index contributed by atoms with van der Waals surface area (Å²) in [6.07, 6.45) is 0.0124. The molecule has 0 saturated heterocycles. The molecule has 0 aliphatic heterocycles. The Hall–Kier alpha value is -3.55. The molecule has 8 nitrogen and oxygen atoms in total. The Balaban J connectivity index is 2.57. The van der Waals surface area contributed by atoms with E-state index in [1.165, 1.54) is 12.1 Å². The number of amides is 3. The number of hydrogen-bond donors (Lipinski definition) is 3. The van der Waals surface area contributed by atoms with Crippen LogP contribution in [0.25, 0.3) is 0 Å². The van der Waals surface area contributed by atoms with Crippen LogP contribution < -0.4 is 10.6 Å². The van der Waals surface area contributed by atoms with Gasteiger partial charge < -0.3 is 25.4 Å². The molecule has 0 aliphatic rings. The third-order valence-corrected chi connectivity index (χ3v) is 5.83. The van der Waals surface area contributed by atoms with E-state index < -0.39 is 35.2 Å². The van der Waals surface area contributed by atoms with Gasteiger partial charge in [-0.1, -0.05) is 49.4 Å². The molecule has 38 heavy (non-hydrogen) atoms. The first-order chi connectivity index (χ1) is 17.6. The van der Waals surface area contributed by atoms with Gasteiger partial charge in [-0.25, -0.2) is 4.79 Å². The predicted molar refractivity (Wildman–Crippen MR) is 149 cm³/mol. The van der Waals surface area contributed by atoms with Crippen LogP contribution in [-0.4, -0.2) is 51.1 Å². The van der Waals surface area contributed by atoms with Gasteiger partial charge in [0.1, 0.15) is 23.4 Å². The van der Waals surface area contributed by atoms with E-state index in [9.17, 15) is 19.5 Å². The molecule has 2 aromatic carbocycles. The lowest BCUT2D eigenvalue weighted by atomic mass is 9.97. The van der Waals surface area contributed by atoms with Crippen LogP contribution in [0.2, 0.25) is 0 Å². The van der Waals surface area contributed by atoms with Gasteiger partial charge in [0.05, 0.1) is 0 Å². The highest BCUT2D eigenvalue weighted by Gasteiger charge is 2.39. The molecular weight excluding hydrogens is 482 g/mol. The number of rotatable bonds is 9. The van der Waals surface area contributed by atoms with Crippen molar-refractivity contribution in [3.05, 3.63) is 65.7 Å². The van der Waals surface area contributed by atoms with Gasteiger partial charge in [0.2, 0.25) is 11.8 Å². The third kappa shape index (κ3) is 9.39. The molecule has 3 atom stereocenters. The Morgan fingerprint density at radius 3 is 2.03 bits per heavy atom. The molecule has 0 heterocycles. The molecular formula is C30H43N3O5. The highest BCUT2D eigenvalue weighted by atomic mass is 16.6. The molecule has 208 valence electrons. The summed E-state index contributed by atoms with van der Waals surface area (Å²) < 4.78 is 5.46. The van der Waals surface area contributed by atoms with Crippen LogP contribution >= 0.6 is 0 Å². The van der Waals surface area contributed by atoms with E-state index in [2.05, 4.69) is 10.6 Å². The number of phenols is 1. The van der Waals surface area contributed by atoms with E-state index in [0.717, 1.165) is 5.56 Å². The van der Waals surface area contributed by atoms with Crippen LogP contribution in [0.4, 0.5) is 4.79 Å². The first-order valence-electron chi connectivity index (χ1n) is 13.1. The number of alkyl carbamates (subject to hydrolysis) is 1. The number of nitrogens with one attached hydrogen (secondary N) is 2. The molecule has 3 N–H and O–H groups in total. The largest absolute Gasteiger partial charge is 0.508 e. The van der Waals surface area contributed by atoms with Gasteiger partial charge in [-0.15, -0.1) is 0 Å². The fourth-order valence-electron chi connectivity index (χ4n) is 4.00. The van der Waals surface area contributed by atoms with Crippen molar-refractivity contribution in [2.24, 2.45) is 0 Å². The zero-order chi connectivity index (χ0) is 28.7. The van der Waals surface area contributed by atoms with E-state index in [0.29, 0.717) is 12.0 Å². The number of aromatic hydroxyl groups is 1. The molecule has 3 amide bonds. The van der Waals surface area contributed by atoms with Crippen molar-refractivity contribution in [1.82, 2.24) is 15.5 Å². The van der Waals surface area contributed by atoms with E-state index >= 15 is 0 Å². The minimum Gasteiger partial charge on any atom is -0.508 e. The third-order valence-electron chi connectivity index (χ3n) is 5.83. The Morgan fingerprint density at radius 1 is 0.947 bits per heavy atom. The van der Waals surface area contributed by atoms with Gasteiger partial charge in [-0.05, 0) is 78.1 Å². The van der Waals surface area contributed by atoms with Gasteiger partial charge in [0.25, 0.3) is 0 Å². The fourth-order valence-corrected chi connectivity index (χ4v) is 4.00. The zero-order valence-electron chi connectivity index (χ0n) is 23.9. The van der Waals surface area contributed by atoms with Crippen LogP contribution in [0.3, 0.4) is 0 Å². The summed E-state index contributed by atoms with van der Waals surface area (Å²) in [6.45, 7) is 14.7. The Morgan fingerprint density at radius 2 is 1.53 bits per heavy atom. The summed E-state index contributed by atoms with van der Waals surface area (Å²) in [5, 5.41) is 15.5. The maximum atomic E-state index is 14.3. The van der Waals surface area contributed by atoms with Gasteiger partial charge in [-0.3, -0.25) is 9.59 Å². The quantitative estimate of drug-likeness (QED) is 0.422. The van der Waals surface area contributed by atoms with Crippen LogP contribution in [0, 0.1) is 0 Å². The lowest BCUT2D eigenvalue weighted by molar-refractivity contribution is -0.145. The van der Waals surface area contributed by atoms with Crippen LogP contribution in [0.15, 0.2) is 54.6 Å². The average molecular weight is 526 g/mol. The van der Waals surface area contributed by atoms with Crippen molar-refractivity contribution in [3.63, 3.8) is 0 Å². The Bertz CT molecular complexity index is 1070. The summed E-state index contributed by atoms with van der Waals surface area (Å²) in [4.78, 5) is 42.4. The first kappa shape index (κ1) is 30.7. The van der Waals surface area contributed by atoms with Gasteiger partial charge >= 0.3 is 6.09 Å². The van der Waals surface area contributed by atoms with Crippen molar-refractivity contribution in [3.8, 4) is 5.75 Å². The van der Waals surface area contributed by atoms with E-state index in [4.69, 9.17) is 4.74 Å². The van der Waals surface area contributed by atoms with Crippen LogP contribution in [0.5, 0.6) is 5.75 Å². The summed E-state index contributed by atoms with van der Waals surface area (Å²) in [5.74, 6) is -0.616. The zero-order valence-corrected chi connectivity index (χ0v) is 23.9. The predicted octanol–water partition coefficient (Wildman–Crippen LogP) is 5.11. The monoisotopic (exact) mass is 525 g/mol. The minimum atomic E-state index is -1.02. The van der Waals surface area contributed by atoms with Crippen LogP contribution in [-0.2, 0) is 20.7 Å². The topological polar surface area (TPSA) is 108 Å². The maximum Gasteiger partial charge on any atom is 0.408 e. The van der Waals surface area contributed by atoms with Gasteiger partial charge in [-0.2, -0.15) is 0 Å². The lowest BCUT2D eigenvalue weighted by Crippen LogP contribution is -2.57.